The second-order valence-electron chi connectivity index (χ2n) is 11.1. The lowest BCUT2D eigenvalue weighted by molar-refractivity contribution is 0.139. The van der Waals surface area contributed by atoms with E-state index in [-0.39, 0.29) is 22.9 Å². The number of rotatable bonds is 4. The molecule has 10 heteroatoms. The van der Waals surface area contributed by atoms with Crippen LogP contribution >= 0.6 is 39.1 Å². The van der Waals surface area contributed by atoms with E-state index in [0.29, 0.717) is 21.6 Å². The molecule has 0 bridgehead atoms. The summed E-state index contributed by atoms with van der Waals surface area (Å²) in [6.45, 7) is 9.42. The van der Waals surface area contributed by atoms with Crippen molar-refractivity contribution >= 4 is 50.5 Å². The van der Waals surface area contributed by atoms with Gasteiger partial charge in [0.25, 0.3) is 5.56 Å². The van der Waals surface area contributed by atoms with Crippen LogP contribution in [0.3, 0.4) is 0 Å². The van der Waals surface area contributed by atoms with Crippen molar-refractivity contribution < 1.29 is 4.55 Å². The van der Waals surface area contributed by atoms with Crippen molar-refractivity contribution in [2.75, 3.05) is 13.1 Å². The van der Waals surface area contributed by atoms with Crippen LogP contribution < -0.4 is 15.6 Å². The SMILES string of the molecule is Cc1nc([C@H]2c3ccc(Br)cc3[C@H](N[S@+]([O-])C(C)(C)C)C23CCNCC3)cc(=O)n1-c1cccc(Cl)c1Cl. The Morgan fingerprint density at radius 3 is 2.53 bits per heavy atom. The molecule has 1 saturated heterocycles. The summed E-state index contributed by atoms with van der Waals surface area (Å²) in [7, 11) is 0. The summed E-state index contributed by atoms with van der Waals surface area (Å²) in [4.78, 5) is 18.7. The second-order valence-corrected chi connectivity index (χ2v) is 14.8. The number of piperidine rings is 1. The van der Waals surface area contributed by atoms with E-state index in [0.717, 1.165) is 47.2 Å². The smallest absolute Gasteiger partial charge is 0.258 e. The molecule has 0 unspecified atom stereocenters. The largest absolute Gasteiger partial charge is 0.598 e. The van der Waals surface area contributed by atoms with Crippen LogP contribution in [-0.4, -0.2) is 31.9 Å². The summed E-state index contributed by atoms with van der Waals surface area (Å²) < 4.78 is 19.0. The fourth-order valence-corrected chi connectivity index (χ4v) is 7.65. The Morgan fingerprint density at radius 2 is 1.87 bits per heavy atom. The highest BCUT2D eigenvalue weighted by molar-refractivity contribution is 9.10. The highest BCUT2D eigenvalue weighted by Gasteiger charge is 2.56. The lowest BCUT2D eigenvalue weighted by atomic mass is 9.66. The van der Waals surface area contributed by atoms with E-state index in [1.165, 1.54) is 4.57 Å². The van der Waals surface area contributed by atoms with Crippen molar-refractivity contribution in [1.29, 1.82) is 0 Å². The molecule has 3 atom stereocenters. The molecule has 38 heavy (non-hydrogen) atoms. The third kappa shape index (κ3) is 4.87. The van der Waals surface area contributed by atoms with E-state index < -0.39 is 16.1 Å². The first-order valence-electron chi connectivity index (χ1n) is 12.7. The molecular formula is C28H31BrCl2N4O2S. The molecule has 2 N–H and O–H groups in total. The number of aryl methyl sites for hydroxylation is 1. The van der Waals surface area contributed by atoms with Gasteiger partial charge >= 0.3 is 0 Å². The molecule has 202 valence electrons. The van der Waals surface area contributed by atoms with Gasteiger partial charge in [0.1, 0.15) is 10.6 Å². The predicted molar refractivity (Wildman–Crippen MR) is 159 cm³/mol. The van der Waals surface area contributed by atoms with Gasteiger partial charge in [-0.25, -0.2) is 4.98 Å². The maximum absolute atomic E-state index is 13.6. The van der Waals surface area contributed by atoms with Crippen LogP contribution in [0.2, 0.25) is 10.0 Å². The molecule has 6 nitrogen and oxygen atoms in total. The van der Waals surface area contributed by atoms with Gasteiger partial charge in [-0.3, -0.25) is 9.36 Å². The summed E-state index contributed by atoms with van der Waals surface area (Å²) in [6.07, 6.45) is 1.71. The molecule has 1 aromatic heterocycles. The Balaban J connectivity index is 1.69. The van der Waals surface area contributed by atoms with E-state index in [2.05, 4.69) is 38.1 Å². The number of benzene rings is 2. The molecule has 2 heterocycles. The van der Waals surface area contributed by atoms with Gasteiger partial charge in [0.2, 0.25) is 0 Å². The fraction of sp³-hybridized carbons (Fsp3) is 0.429. The van der Waals surface area contributed by atoms with Gasteiger partial charge in [0.05, 0.1) is 27.5 Å². The second kappa shape index (κ2) is 10.5. The molecule has 1 fully saturated rings. The fourth-order valence-electron chi connectivity index (χ4n) is 5.96. The number of aromatic nitrogens is 2. The van der Waals surface area contributed by atoms with Crippen molar-refractivity contribution in [3.63, 3.8) is 0 Å². The standard InChI is InChI=1S/C28H31BrCl2N4O2S/c1-16-33-21(15-23(36)35(16)22-7-5-6-20(30)25(22)31)24-18-9-8-17(29)14-19(18)26(34-38(37)27(2,3)4)28(24)10-12-32-13-11-28/h5-9,14-15,24,26,32,34H,10-13H2,1-4H3/t24-,26+,38-/m1/s1. The first-order chi connectivity index (χ1) is 17.9. The van der Waals surface area contributed by atoms with Crippen LogP contribution in [-0.2, 0) is 11.4 Å². The average molecular weight is 638 g/mol. The van der Waals surface area contributed by atoms with Gasteiger partial charge in [-0.05, 0) is 89.0 Å². The molecule has 5 rings (SSSR count). The Kier molecular flexibility index (Phi) is 7.81. The number of fused-ring (bicyclic) bond motifs is 1. The van der Waals surface area contributed by atoms with Crippen LogP contribution in [0.25, 0.3) is 5.69 Å². The zero-order chi connectivity index (χ0) is 27.4. The molecule has 1 spiro atoms. The molecule has 0 saturated carbocycles. The number of halogens is 3. The minimum Gasteiger partial charge on any atom is -0.598 e. The number of hydrogen-bond donors (Lipinski definition) is 2. The first-order valence-corrected chi connectivity index (χ1v) is 15.4. The maximum atomic E-state index is 13.6. The monoisotopic (exact) mass is 636 g/mol. The molecule has 0 amide bonds. The molecule has 1 aliphatic carbocycles. The zero-order valence-corrected chi connectivity index (χ0v) is 25.7. The summed E-state index contributed by atoms with van der Waals surface area (Å²) in [6, 6.07) is 13.0. The van der Waals surface area contributed by atoms with Gasteiger partial charge < -0.3 is 9.87 Å². The molecule has 1 aliphatic heterocycles. The normalized spacial score (nSPS) is 21.5. The Hall–Kier alpha value is -1.39. The number of hydrogen-bond acceptors (Lipinski definition) is 5. The van der Waals surface area contributed by atoms with Crippen LogP contribution in [0, 0.1) is 12.3 Å². The number of nitrogens with one attached hydrogen (secondary N) is 2. The molecule has 3 aromatic rings. The van der Waals surface area contributed by atoms with Gasteiger partial charge in [0.15, 0.2) is 0 Å². The summed E-state index contributed by atoms with van der Waals surface area (Å²) >= 11 is 15.1. The highest BCUT2D eigenvalue weighted by Crippen LogP contribution is 2.61. The molecular weight excluding hydrogens is 607 g/mol. The van der Waals surface area contributed by atoms with E-state index in [1.807, 2.05) is 33.8 Å². The van der Waals surface area contributed by atoms with Crippen LogP contribution in [0.4, 0.5) is 0 Å². The lowest BCUT2D eigenvalue weighted by Crippen LogP contribution is -2.50. The minimum absolute atomic E-state index is 0.141. The lowest BCUT2D eigenvalue weighted by Gasteiger charge is -2.44. The van der Waals surface area contributed by atoms with Gasteiger partial charge in [-0.2, -0.15) is 0 Å². The van der Waals surface area contributed by atoms with Crippen LogP contribution in [0.5, 0.6) is 0 Å². The quantitative estimate of drug-likeness (QED) is 0.332. The predicted octanol–water partition coefficient (Wildman–Crippen LogP) is 6.22. The third-order valence-electron chi connectivity index (χ3n) is 7.71. The van der Waals surface area contributed by atoms with E-state index >= 15 is 0 Å². The minimum atomic E-state index is -1.28. The van der Waals surface area contributed by atoms with Crippen molar-refractivity contribution in [1.82, 2.24) is 19.6 Å². The third-order valence-corrected chi connectivity index (χ3v) is 10.6. The Labute approximate surface area is 245 Å². The summed E-state index contributed by atoms with van der Waals surface area (Å²) in [5.41, 5.74) is 2.93. The first kappa shape index (κ1) is 28.1. The topological polar surface area (TPSA) is 82.0 Å². The average Bonchev–Trinajstić information content (AvgIpc) is 3.09. The van der Waals surface area contributed by atoms with E-state index in [1.54, 1.807) is 24.3 Å². The molecule has 0 radical (unpaired) electrons. The summed E-state index contributed by atoms with van der Waals surface area (Å²) in [5, 5.41) is 4.18. The summed E-state index contributed by atoms with van der Waals surface area (Å²) in [5.74, 6) is 0.396. The van der Waals surface area contributed by atoms with Crippen molar-refractivity contribution in [2.24, 2.45) is 5.41 Å². The molecule has 2 aromatic carbocycles. The van der Waals surface area contributed by atoms with Crippen LogP contribution in [0.1, 0.15) is 68.2 Å². The number of nitrogens with zero attached hydrogens (tertiary/aromatic N) is 2. The van der Waals surface area contributed by atoms with Crippen molar-refractivity contribution in [3.8, 4) is 5.69 Å². The van der Waals surface area contributed by atoms with E-state index in [9.17, 15) is 9.35 Å². The van der Waals surface area contributed by atoms with Gasteiger partial charge in [-0.15, -0.1) is 4.72 Å². The van der Waals surface area contributed by atoms with E-state index in [4.69, 9.17) is 28.2 Å². The Morgan fingerprint density at radius 1 is 1.16 bits per heavy atom. The Bertz CT molecular complexity index is 1440. The zero-order valence-electron chi connectivity index (χ0n) is 21.8. The maximum Gasteiger partial charge on any atom is 0.258 e. The highest BCUT2D eigenvalue weighted by atomic mass is 79.9. The van der Waals surface area contributed by atoms with Gasteiger partial charge in [0, 0.05) is 33.2 Å². The van der Waals surface area contributed by atoms with Gasteiger partial charge in [-0.1, -0.05) is 51.3 Å². The molecule has 2 aliphatic rings. The van der Waals surface area contributed by atoms with Crippen molar-refractivity contribution in [3.05, 3.63) is 90.0 Å². The van der Waals surface area contributed by atoms with Crippen molar-refractivity contribution in [2.45, 2.75) is 57.2 Å². The van der Waals surface area contributed by atoms with Crippen LogP contribution in [0.15, 0.2) is 51.7 Å².